The Morgan fingerprint density at radius 2 is 1.61 bits per heavy atom. The van der Waals surface area contributed by atoms with E-state index in [1.54, 1.807) is 42.5 Å². The average molecular weight is 373 g/mol. The molecule has 140 valence electrons. The Balaban J connectivity index is 1.58. The van der Waals surface area contributed by atoms with E-state index in [0.29, 0.717) is 16.8 Å². The number of nitrogens with one attached hydrogen (secondary N) is 2. The SMILES string of the molecule is Cc1cccc(C(=O)Nc2ccc(C(=O)NN=Cc3ccc(O)cc3)cc2)c1. The van der Waals surface area contributed by atoms with Crippen molar-refractivity contribution in [1.82, 2.24) is 5.43 Å². The first-order chi connectivity index (χ1) is 13.5. The Morgan fingerprint density at radius 1 is 0.893 bits per heavy atom. The van der Waals surface area contributed by atoms with E-state index in [1.165, 1.54) is 18.3 Å². The molecule has 0 aliphatic carbocycles. The van der Waals surface area contributed by atoms with Crippen molar-refractivity contribution >= 4 is 23.7 Å². The third kappa shape index (κ3) is 5.04. The number of carbonyl (C=O) groups is 2. The van der Waals surface area contributed by atoms with Gasteiger partial charge in [0.05, 0.1) is 6.21 Å². The average Bonchev–Trinajstić information content (AvgIpc) is 2.70. The van der Waals surface area contributed by atoms with Crippen LogP contribution in [0.25, 0.3) is 0 Å². The van der Waals surface area contributed by atoms with Crippen LogP contribution in [0, 0.1) is 6.92 Å². The summed E-state index contributed by atoms with van der Waals surface area (Å²) >= 11 is 0. The Morgan fingerprint density at radius 3 is 2.29 bits per heavy atom. The van der Waals surface area contributed by atoms with E-state index in [1.807, 2.05) is 25.1 Å². The van der Waals surface area contributed by atoms with Crippen molar-refractivity contribution in [2.24, 2.45) is 5.10 Å². The number of aryl methyl sites for hydroxylation is 1. The summed E-state index contributed by atoms with van der Waals surface area (Å²) in [6.07, 6.45) is 1.48. The fraction of sp³-hybridized carbons (Fsp3) is 0.0455. The molecule has 2 amide bonds. The molecule has 0 spiro atoms. The second kappa shape index (κ2) is 8.64. The molecular formula is C22H19N3O3. The van der Waals surface area contributed by atoms with Crippen LogP contribution in [0.3, 0.4) is 0 Å². The number of hydrazone groups is 1. The molecule has 6 nitrogen and oxygen atoms in total. The summed E-state index contributed by atoms with van der Waals surface area (Å²) in [4.78, 5) is 24.4. The Labute approximate surface area is 162 Å². The van der Waals surface area contributed by atoms with Crippen molar-refractivity contribution in [3.05, 3.63) is 95.1 Å². The number of hydrogen-bond acceptors (Lipinski definition) is 4. The molecule has 3 aromatic rings. The van der Waals surface area contributed by atoms with Crippen LogP contribution in [0.1, 0.15) is 31.8 Å². The zero-order valence-electron chi connectivity index (χ0n) is 15.2. The van der Waals surface area contributed by atoms with Gasteiger partial charge >= 0.3 is 0 Å². The third-order valence-corrected chi connectivity index (χ3v) is 3.96. The van der Waals surface area contributed by atoms with E-state index in [2.05, 4.69) is 15.8 Å². The van der Waals surface area contributed by atoms with Gasteiger partial charge in [0.2, 0.25) is 0 Å². The van der Waals surface area contributed by atoms with Gasteiger partial charge in [0.15, 0.2) is 0 Å². The summed E-state index contributed by atoms with van der Waals surface area (Å²) in [7, 11) is 0. The molecule has 0 saturated heterocycles. The summed E-state index contributed by atoms with van der Waals surface area (Å²) in [6.45, 7) is 1.92. The van der Waals surface area contributed by atoms with Crippen molar-refractivity contribution in [3.8, 4) is 5.75 Å². The molecule has 0 atom stereocenters. The predicted octanol–water partition coefficient (Wildman–Crippen LogP) is 3.72. The maximum absolute atomic E-state index is 12.3. The van der Waals surface area contributed by atoms with Crippen molar-refractivity contribution in [1.29, 1.82) is 0 Å². The highest BCUT2D eigenvalue weighted by Crippen LogP contribution is 2.12. The van der Waals surface area contributed by atoms with Gasteiger partial charge in [-0.3, -0.25) is 9.59 Å². The van der Waals surface area contributed by atoms with Crippen molar-refractivity contribution in [2.45, 2.75) is 6.92 Å². The van der Waals surface area contributed by atoms with E-state index in [4.69, 9.17) is 0 Å². The highest BCUT2D eigenvalue weighted by atomic mass is 16.3. The van der Waals surface area contributed by atoms with Crippen molar-refractivity contribution in [3.63, 3.8) is 0 Å². The van der Waals surface area contributed by atoms with Crippen molar-refractivity contribution in [2.75, 3.05) is 5.32 Å². The lowest BCUT2D eigenvalue weighted by Gasteiger charge is -2.07. The summed E-state index contributed by atoms with van der Waals surface area (Å²) in [5.74, 6) is -0.415. The summed E-state index contributed by atoms with van der Waals surface area (Å²) in [5.41, 5.74) is 5.77. The monoisotopic (exact) mass is 373 g/mol. The largest absolute Gasteiger partial charge is 0.508 e. The number of benzene rings is 3. The van der Waals surface area contributed by atoms with Gasteiger partial charge in [0.1, 0.15) is 5.75 Å². The molecule has 0 radical (unpaired) electrons. The van der Waals surface area contributed by atoms with Crippen LogP contribution < -0.4 is 10.7 Å². The minimum Gasteiger partial charge on any atom is -0.508 e. The van der Waals surface area contributed by atoms with Crippen LogP contribution in [0.15, 0.2) is 77.9 Å². The summed E-state index contributed by atoms with van der Waals surface area (Å²) in [6, 6.07) is 20.3. The molecule has 3 N–H and O–H groups in total. The number of phenols is 1. The smallest absolute Gasteiger partial charge is 0.271 e. The second-order valence-corrected chi connectivity index (χ2v) is 6.19. The van der Waals surface area contributed by atoms with Crippen LogP contribution in [0.4, 0.5) is 5.69 Å². The number of rotatable bonds is 5. The minimum absolute atomic E-state index is 0.163. The fourth-order valence-corrected chi connectivity index (χ4v) is 2.48. The van der Waals surface area contributed by atoms with Crippen molar-refractivity contribution < 1.29 is 14.7 Å². The van der Waals surface area contributed by atoms with Crippen LogP contribution in [-0.2, 0) is 0 Å². The van der Waals surface area contributed by atoms with E-state index in [0.717, 1.165) is 11.1 Å². The summed E-state index contributed by atoms with van der Waals surface area (Å²) in [5, 5.41) is 15.9. The number of phenolic OH excluding ortho intramolecular Hbond substituents is 1. The highest BCUT2D eigenvalue weighted by molar-refractivity contribution is 6.04. The number of anilines is 1. The van der Waals surface area contributed by atoms with Gasteiger partial charge in [-0.05, 0) is 73.2 Å². The lowest BCUT2D eigenvalue weighted by molar-refractivity contribution is 0.0954. The molecule has 3 aromatic carbocycles. The number of carbonyl (C=O) groups excluding carboxylic acids is 2. The molecule has 3 rings (SSSR count). The first-order valence-electron chi connectivity index (χ1n) is 8.62. The van der Waals surface area contributed by atoms with Gasteiger partial charge in [-0.25, -0.2) is 5.43 Å². The molecular weight excluding hydrogens is 354 g/mol. The van der Waals surface area contributed by atoms with Gasteiger partial charge in [-0.1, -0.05) is 17.7 Å². The first-order valence-corrected chi connectivity index (χ1v) is 8.62. The number of amides is 2. The van der Waals surface area contributed by atoms with Crippen LogP contribution >= 0.6 is 0 Å². The van der Waals surface area contributed by atoms with E-state index < -0.39 is 0 Å². The zero-order chi connectivity index (χ0) is 19.9. The van der Waals surface area contributed by atoms with Gasteiger partial charge in [0, 0.05) is 16.8 Å². The van der Waals surface area contributed by atoms with Gasteiger partial charge in [-0.2, -0.15) is 5.10 Å². The van der Waals surface area contributed by atoms with E-state index >= 15 is 0 Å². The van der Waals surface area contributed by atoms with Crippen LogP contribution in [0.5, 0.6) is 5.75 Å². The van der Waals surface area contributed by atoms with E-state index in [9.17, 15) is 14.7 Å². The molecule has 0 aliphatic heterocycles. The lowest BCUT2D eigenvalue weighted by Crippen LogP contribution is -2.17. The number of nitrogens with zero attached hydrogens (tertiary/aromatic N) is 1. The predicted molar refractivity (Wildman–Crippen MR) is 109 cm³/mol. The second-order valence-electron chi connectivity index (χ2n) is 6.19. The van der Waals surface area contributed by atoms with E-state index in [-0.39, 0.29) is 17.6 Å². The maximum Gasteiger partial charge on any atom is 0.271 e. The number of hydrogen-bond donors (Lipinski definition) is 3. The van der Waals surface area contributed by atoms with Crippen LogP contribution in [-0.4, -0.2) is 23.1 Å². The first kappa shape index (κ1) is 18.8. The maximum atomic E-state index is 12.3. The molecule has 0 bridgehead atoms. The molecule has 0 saturated carbocycles. The molecule has 0 aliphatic rings. The molecule has 28 heavy (non-hydrogen) atoms. The third-order valence-electron chi connectivity index (χ3n) is 3.96. The van der Waals surface area contributed by atoms with Gasteiger partial charge in [0.25, 0.3) is 11.8 Å². The van der Waals surface area contributed by atoms with Crippen LogP contribution in [0.2, 0.25) is 0 Å². The van der Waals surface area contributed by atoms with Gasteiger partial charge in [-0.15, -0.1) is 0 Å². The molecule has 0 fully saturated rings. The highest BCUT2D eigenvalue weighted by Gasteiger charge is 2.08. The fourth-order valence-electron chi connectivity index (χ4n) is 2.48. The molecule has 0 aromatic heterocycles. The normalized spacial score (nSPS) is 10.6. The Hall–Kier alpha value is -3.93. The standard InChI is InChI=1S/C22H19N3O3/c1-15-3-2-4-18(13-15)21(27)24-19-9-7-17(8-10-19)22(28)25-23-14-16-5-11-20(26)12-6-16/h2-14,26H,1H3,(H,24,27)(H,25,28). The van der Waals surface area contributed by atoms with Gasteiger partial charge < -0.3 is 10.4 Å². The number of aromatic hydroxyl groups is 1. The lowest BCUT2D eigenvalue weighted by atomic mass is 10.1. The molecule has 6 heteroatoms. The minimum atomic E-state index is -0.369. The topological polar surface area (TPSA) is 90.8 Å². The summed E-state index contributed by atoms with van der Waals surface area (Å²) < 4.78 is 0. The Bertz CT molecular complexity index is 1010. The Kier molecular flexibility index (Phi) is 5.81. The molecule has 0 heterocycles. The zero-order valence-corrected chi connectivity index (χ0v) is 15.2. The quantitative estimate of drug-likeness (QED) is 0.470. The molecule has 0 unspecified atom stereocenters.